The highest BCUT2D eigenvalue weighted by molar-refractivity contribution is 5.94. The van der Waals surface area contributed by atoms with Crippen LogP contribution in [0.15, 0.2) is 48.5 Å². The Morgan fingerprint density at radius 2 is 1.59 bits per heavy atom. The van der Waals surface area contributed by atoms with Gasteiger partial charge in [-0.15, -0.1) is 0 Å². The first-order valence-electron chi connectivity index (χ1n) is 14.6. The highest BCUT2D eigenvalue weighted by Gasteiger charge is 2.51. The van der Waals surface area contributed by atoms with E-state index in [-0.39, 0.29) is 18.2 Å². The van der Waals surface area contributed by atoms with Crippen LogP contribution in [0.3, 0.4) is 0 Å². The second-order valence-electron chi connectivity index (χ2n) is 12.9. The van der Waals surface area contributed by atoms with Gasteiger partial charge in [0.2, 0.25) is 0 Å². The van der Waals surface area contributed by atoms with E-state index in [4.69, 9.17) is 9.72 Å². The average molecular weight is 548 g/mol. The summed E-state index contributed by atoms with van der Waals surface area (Å²) in [4.78, 5) is 31.9. The van der Waals surface area contributed by atoms with E-state index < -0.39 is 5.60 Å². The smallest absolute Gasteiger partial charge is 0.411 e. The molecule has 2 aromatic carbocycles. The van der Waals surface area contributed by atoms with Crippen LogP contribution in [0.2, 0.25) is 0 Å². The van der Waals surface area contributed by atoms with Gasteiger partial charge in [-0.05, 0) is 114 Å². The third-order valence-corrected chi connectivity index (χ3v) is 8.73. The average Bonchev–Trinajstić information content (AvgIpc) is 3.68. The number of hydrogen-bond acceptors (Lipinski definition) is 4. The van der Waals surface area contributed by atoms with Gasteiger partial charge in [0.25, 0.3) is 0 Å². The number of hydrogen-bond donors (Lipinski definition) is 2. The Labute approximate surface area is 240 Å². The Balaban J connectivity index is 1.22. The predicted octanol–water partition coefficient (Wildman–Crippen LogP) is 8.16. The van der Waals surface area contributed by atoms with Crippen molar-refractivity contribution in [1.82, 2.24) is 24.8 Å². The lowest BCUT2D eigenvalue weighted by Gasteiger charge is -2.35. The number of imidazole rings is 1. The number of ether oxygens (including phenoxy) is 1. The molecular weight excluding hydrogens is 510 g/mol. The second-order valence-corrected chi connectivity index (χ2v) is 12.9. The summed E-state index contributed by atoms with van der Waals surface area (Å²) in [5.41, 5.74) is 10.3. The summed E-state index contributed by atoms with van der Waals surface area (Å²) in [5, 5.41) is 1.22. The van der Waals surface area contributed by atoms with Crippen molar-refractivity contribution in [2.24, 2.45) is 5.92 Å². The Bertz CT molecular complexity index is 1800. The largest absolute Gasteiger partial charge is 0.444 e. The monoisotopic (exact) mass is 547 g/mol. The molecule has 3 atom stereocenters. The number of nitrogens with zero attached hydrogens (tertiary/aromatic N) is 3. The summed E-state index contributed by atoms with van der Waals surface area (Å²) in [6, 6.07) is 17.4. The predicted molar refractivity (Wildman–Crippen MR) is 163 cm³/mol. The third-order valence-electron chi connectivity index (χ3n) is 8.73. The quantitative estimate of drug-likeness (QED) is 0.239. The van der Waals surface area contributed by atoms with Crippen molar-refractivity contribution in [1.29, 1.82) is 0 Å². The summed E-state index contributed by atoms with van der Waals surface area (Å²) in [6.45, 7) is 12.0. The van der Waals surface area contributed by atoms with Crippen LogP contribution in [-0.4, -0.2) is 42.6 Å². The number of likely N-dealkylation sites (tertiary alicyclic amines) is 1. The molecule has 2 bridgehead atoms. The van der Waals surface area contributed by atoms with E-state index in [1.54, 1.807) is 0 Å². The lowest BCUT2D eigenvalue weighted by atomic mass is 9.98. The molecule has 7 rings (SSSR count). The SMILES string of the molecule is Cc1cc(-c2[nH]c3cc(-c4ccc5nc([C@H]6[C@@H]7CC[C@@H](C7)N6C(=O)OC(C)(C)C)[nH]c5c4)ccc3c2C)cc(C)n1. The fourth-order valence-corrected chi connectivity index (χ4v) is 7.05. The zero-order valence-electron chi connectivity index (χ0n) is 24.6. The Kier molecular flexibility index (Phi) is 5.79. The maximum atomic E-state index is 13.2. The number of amides is 1. The molecule has 2 fully saturated rings. The van der Waals surface area contributed by atoms with Gasteiger partial charge in [0, 0.05) is 39.6 Å². The molecule has 5 aromatic rings. The molecule has 7 nitrogen and oxygen atoms in total. The molecule has 0 radical (unpaired) electrons. The zero-order chi connectivity index (χ0) is 28.6. The number of piperidine rings is 1. The molecule has 4 heterocycles. The molecule has 0 unspecified atom stereocenters. The van der Waals surface area contributed by atoms with E-state index in [9.17, 15) is 4.79 Å². The Morgan fingerprint density at radius 1 is 0.878 bits per heavy atom. The number of pyridine rings is 1. The maximum Gasteiger partial charge on any atom is 0.411 e. The molecule has 1 aliphatic heterocycles. The van der Waals surface area contributed by atoms with Gasteiger partial charge in [-0.25, -0.2) is 9.78 Å². The third kappa shape index (κ3) is 4.48. The highest BCUT2D eigenvalue weighted by atomic mass is 16.6. The number of aryl methyl sites for hydroxylation is 3. The number of aromatic amines is 2. The van der Waals surface area contributed by atoms with Crippen molar-refractivity contribution in [3.05, 3.63) is 71.3 Å². The summed E-state index contributed by atoms with van der Waals surface area (Å²) < 4.78 is 5.80. The zero-order valence-corrected chi connectivity index (χ0v) is 24.6. The molecule has 2 aliphatic rings. The van der Waals surface area contributed by atoms with Crippen LogP contribution in [0, 0.1) is 26.7 Å². The fourth-order valence-electron chi connectivity index (χ4n) is 7.05. The van der Waals surface area contributed by atoms with Gasteiger partial charge in [0.15, 0.2) is 0 Å². The van der Waals surface area contributed by atoms with Crippen molar-refractivity contribution in [2.45, 2.75) is 78.5 Å². The fraction of sp³-hybridized carbons (Fsp3) is 0.382. The number of benzene rings is 2. The summed E-state index contributed by atoms with van der Waals surface area (Å²) in [7, 11) is 0. The number of nitrogens with one attached hydrogen (secondary N) is 2. The van der Waals surface area contributed by atoms with Crippen LogP contribution in [0.5, 0.6) is 0 Å². The molecule has 210 valence electrons. The van der Waals surface area contributed by atoms with E-state index >= 15 is 0 Å². The van der Waals surface area contributed by atoms with Crippen LogP contribution in [0.4, 0.5) is 4.79 Å². The molecule has 7 heteroatoms. The molecular formula is C34H37N5O2. The van der Waals surface area contributed by atoms with Crippen LogP contribution in [-0.2, 0) is 4.74 Å². The van der Waals surface area contributed by atoms with Gasteiger partial charge in [-0.1, -0.05) is 18.2 Å². The number of rotatable bonds is 3. The first-order chi connectivity index (χ1) is 19.5. The Morgan fingerprint density at radius 3 is 2.32 bits per heavy atom. The second kappa shape index (κ2) is 9.20. The minimum Gasteiger partial charge on any atom is -0.444 e. The molecule has 2 N–H and O–H groups in total. The molecule has 3 aromatic heterocycles. The minimum atomic E-state index is -0.526. The molecule has 1 saturated carbocycles. The lowest BCUT2D eigenvalue weighted by molar-refractivity contribution is 0.00623. The summed E-state index contributed by atoms with van der Waals surface area (Å²) >= 11 is 0. The van der Waals surface area contributed by atoms with Gasteiger partial charge >= 0.3 is 6.09 Å². The van der Waals surface area contributed by atoms with E-state index in [0.29, 0.717) is 5.92 Å². The van der Waals surface area contributed by atoms with Gasteiger partial charge in [0.05, 0.1) is 17.1 Å². The first-order valence-corrected chi connectivity index (χ1v) is 14.6. The first kappa shape index (κ1) is 25.8. The molecule has 1 aliphatic carbocycles. The van der Waals surface area contributed by atoms with E-state index in [1.165, 1.54) is 10.9 Å². The van der Waals surface area contributed by atoms with Crippen molar-refractivity contribution in [3.63, 3.8) is 0 Å². The standard InChI is InChI=1S/C34H37N5O2/c1-18-13-24(14-19(2)35-18)30-20(3)26-11-8-21(16-28(26)36-30)22-9-12-27-29(17-22)38-32(37-27)31-23-7-10-25(15-23)39(31)33(40)41-34(4,5)6/h8-9,11-14,16-17,23,25,31,36H,7,10,15H2,1-6H3,(H,37,38)/t23-,25+,31-/m1/s1. The number of aromatic nitrogens is 4. The summed E-state index contributed by atoms with van der Waals surface area (Å²) in [5.74, 6) is 1.27. The van der Waals surface area contributed by atoms with Crippen molar-refractivity contribution < 1.29 is 9.53 Å². The van der Waals surface area contributed by atoms with Gasteiger partial charge in [0.1, 0.15) is 11.4 Å². The maximum absolute atomic E-state index is 13.2. The van der Waals surface area contributed by atoms with Crippen LogP contribution in [0.25, 0.3) is 44.3 Å². The number of fused-ring (bicyclic) bond motifs is 4. The molecule has 1 amide bonds. The van der Waals surface area contributed by atoms with Crippen LogP contribution < -0.4 is 0 Å². The highest BCUT2D eigenvalue weighted by Crippen LogP contribution is 2.50. The van der Waals surface area contributed by atoms with Crippen LogP contribution in [0.1, 0.15) is 68.9 Å². The van der Waals surface area contributed by atoms with E-state index in [2.05, 4.69) is 70.4 Å². The van der Waals surface area contributed by atoms with E-state index in [0.717, 1.165) is 75.4 Å². The van der Waals surface area contributed by atoms with Gasteiger partial charge in [-0.3, -0.25) is 9.88 Å². The summed E-state index contributed by atoms with van der Waals surface area (Å²) in [6.07, 6.45) is 2.94. The van der Waals surface area contributed by atoms with Crippen molar-refractivity contribution >= 4 is 28.0 Å². The molecule has 0 spiro atoms. The van der Waals surface area contributed by atoms with Gasteiger partial charge < -0.3 is 14.7 Å². The minimum absolute atomic E-state index is 0.0726. The Hall–Kier alpha value is -4.13. The number of carbonyl (C=O) groups is 1. The topological polar surface area (TPSA) is 86.9 Å². The number of carbonyl (C=O) groups excluding carboxylic acids is 1. The van der Waals surface area contributed by atoms with Gasteiger partial charge in [-0.2, -0.15) is 0 Å². The normalized spacial score (nSPS) is 20.4. The number of H-pyrrole nitrogens is 2. The van der Waals surface area contributed by atoms with E-state index in [1.807, 2.05) is 39.5 Å². The molecule has 1 saturated heterocycles. The van der Waals surface area contributed by atoms with Crippen molar-refractivity contribution in [3.8, 4) is 22.4 Å². The van der Waals surface area contributed by atoms with Crippen LogP contribution >= 0.6 is 0 Å². The van der Waals surface area contributed by atoms with Crippen molar-refractivity contribution in [2.75, 3.05) is 0 Å². The lowest BCUT2D eigenvalue weighted by Crippen LogP contribution is -2.43. The molecule has 41 heavy (non-hydrogen) atoms.